The Morgan fingerprint density at radius 2 is 2.05 bits per heavy atom. The number of hydrogen-bond acceptors (Lipinski definition) is 4. The van der Waals surface area contributed by atoms with Crippen molar-refractivity contribution in [3.8, 4) is 0 Å². The number of rotatable bonds is 4. The van der Waals surface area contributed by atoms with E-state index < -0.39 is 7.12 Å². The molecule has 0 atom stereocenters. The Hall–Kier alpha value is -2.18. The minimum Gasteiger partial charge on any atom is -0.423 e. The van der Waals surface area contributed by atoms with E-state index in [1.807, 2.05) is 12.1 Å². The van der Waals surface area contributed by atoms with Crippen molar-refractivity contribution in [2.45, 2.75) is 6.54 Å². The van der Waals surface area contributed by atoms with Gasteiger partial charge in [-0.15, -0.1) is 0 Å². The minimum atomic E-state index is -1.58. The van der Waals surface area contributed by atoms with Crippen LogP contribution in [-0.2, 0) is 6.54 Å². The van der Waals surface area contributed by atoms with Crippen LogP contribution in [0.2, 0.25) is 0 Å². The van der Waals surface area contributed by atoms with E-state index in [0.29, 0.717) is 12.1 Å². The molecule has 0 spiro atoms. The third-order valence-electron chi connectivity index (χ3n) is 2.60. The van der Waals surface area contributed by atoms with Crippen LogP contribution < -0.4 is 10.8 Å². The van der Waals surface area contributed by atoms with Gasteiger partial charge in [-0.2, -0.15) is 0 Å². The first-order valence-corrected chi connectivity index (χ1v) is 5.81. The van der Waals surface area contributed by atoms with Crippen molar-refractivity contribution < 1.29 is 14.8 Å². The van der Waals surface area contributed by atoms with Gasteiger partial charge in [0.2, 0.25) is 0 Å². The van der Waals surface area contributed by atoms with E-state index in [-0.39, 0.29) is 11.4 Å². The normalized spacial score (nSPS) is 10.0. The first-order chi connectivity index (χ1) is 9.16. The van der Waals surface area contributed by atoms with Crippen LogP contribution >= 0.6 is 0 Å². The largest absolute Gasteiger partial charge is 0.488 e. The van der Waals surface area contributed by atoms with Crippen LogP contribution in [-0.4, -0.2) is 28.1 Å². The molecule has 2 rings (SSSR count). The third kappa shape index (κ3) is 3.64. The molecule has 19 heavy (non-hydrogen) atoms. The maximum absolute atomic E-state index is 11.9. The molecule has 1 aromatic heterocycles. The lowest BCUT2D eigenvalue weighted by molar-refractivity contribution is 0.0950. The lowest BCUT2D eigenvalue weighted by Gasteiger charge is -2.06. The zero-order valence-electron chi connectivity index (χ0n) is 10.2. The van der Waals surface area contributed by atoms with Crippen molar-refractivity contribution in [1.82, 2.24) is 10.3 Å². The van der Waals surface area contributed by atoms with Gasteiger partial charge in [-0.1, -0.05) is 18.2 Å². The molecule has 1 heterocycles. The molecule has 0 unspecified atom stereocenters. The van der Waals surface area contributed by atoms with E-state index in [9.17, 15) is 4.79 Å². The fourth-order valence-corrected chi connectivity index (χ4v) is 1.62. The van der Waals surface area contributed by atoms with Gasteiger partial charge < -0.3 is 15.4 Å². The fourth-order valence-electron chi connectivity index (χ4n) is 1.62. The van der Waals surface area contributed by atoms with Gasteiger partial charge >= 0.3 is 7.12 Å². The van der Waals surface area contributed by atoms with Crippen molar-refractivity contribution in [2.24, 2.45) is 0 Å². The summed E-state index contributed by atoms with van der Waals surface area (Å²) in [5, 5.41) is 20.8. The maximum atomic E-state index is 11.9. The molecule has 0 saturated carbocycles. The number of pyridine rings is 1. The molecule has 0 aliphatic carbocycles. The highest BCUT2D eigenvalue weighted by molar-refractivity contribution is 6.58. The van der Waals surface area contributed by atoms with Crippen molar-refractivity contribution in [1.29, 1.82) is 0 Å². The molecule has 0 bridgehead atoms. The SMILES string of the molecule is O=C(NCc1ccccn1)c1cccc(B(O)O)c1. The summed E-state index contributed by atoms with van der Waals surface area (Å²) in [4.78, 5) is 16.0. The van der Waals surface area contributed by atoms with Crippen LogP contribution in [0.3, 0.4) is 0 Å². The predicted octanol–water partition coefficient (Wildman–Crippen LogP) is -0.309. The Morgan fingerprint density at radius 1 is 1.21 bits per heavy atom. The second-order valence-electron chi connectivity index (χ2n) is 4.00. The number of benzene rings is 1. The van der Waals surface area contributed by atoms with E-state index >= 15 is 0 Å². The molecule has 0 radical (unpaired) electrons. The molecular weight excluding hydrogens is 243 g/mol. The van der Waals surface area contributed by atoms with Crippen LogP contribution in [0.5, 0.6) is 0 Å². The number of carbonyl (C=O) groups is 1. The number of hydrogen-bond donors (Lipinski definition) is 3. The monoisotopic (exact) mass is 256 g/mol. The number of nitrogens with zero attached hydrogens (tertiary/aromatic N) is 1. The highest BCUT2D eigenvalue weighted by atomic mass is 16.4. The van der Waals surface area contributed by atoms with Gasteiger partial charge in [0.1, 0.15) is 0 Å². The Labute approximate surface area is 111 Å². The third-order valence-corrected chi connectivity index (χ3v) is 2.60. The molecule has 2 aromatic rings. The highest BCUT2D eigenvalue weighted by Crippen LogP contribution is 1.99. The van der Waals surface area contributed by atoms with Crippen LogP contribution in [0, 0.1) is 0 Å². The van der Waals surface area contributed by atoms with E-state index in [1.165, 1.54) is 6.07 Å². The van der Waals surface area contributed by atoms with E-state index in [0.717, 1.165) is 5.69 Å². The molecule has 96 valence electrons. The zero-order chi connectivity index (χ0) is 13.7. The van der Waals surface area contributed by atoms with Crippen LogP contribution in [0.25, 0.3) is 0 Å². The van der Waals surface area contributed by atoms with Crippen molar-refractivity contribution >= 4 is 18.5 Å². The predicted molar refractivity (Wildman–Crippen MR) is 71.7 cm³/mol. The second kappa shape index (κ2) is 6.13. The lowest BCUT2D eigenvalue weighted by Crippen LogP contribution is -2.31. The Balaban J connectivity index is 2.02. The molecule has 3 N–H and O–H groups in total. The highest BCUT2D eigenvalue weighted by Gasteiger charge is 2.13. The molecular formula is C13H13BN2O3. The Morgan fingerprint density at radius 3 is 2.74 bits per heavy atom. The fraction of sp³-hybridized carbons (Fsp3) is 0.0769. The molecule has 0 fully saturated rings. The second-order valence-corrected chi connectivity index (χ2v) is 4.00. The van der Waals surface area contributed by atoms with Gasteiger partial charge in [0.05, 0.1) is 12.2 Å². The van der Waals surface area contributed by atoms with Gasteiger partial charge in [-0.05, 0) is 29.7 Å². The summed E-state index contributed by atoms with van der Waals surface area (Å²) < 4.78 is 0. The summed E-state index contributed by atoms with van der Waals surface area (Å²) in [6, 6.07) is 11.7. The number of nitrogens with one attached hydrogen (secondary N) is 1. The molecule has 6 heteroatoms. The summed E-state index contributed by atoms with van der Waals surface area (Å²) in [6.07, 6.45) is 1.66. The van der Waals surface area contributed by atoms with Crippen LogP contribution in [0.15, 0.2) is 48.7 Å². The number of carbonyl (C=O) groups excluding carboxylic acids is 1. The summed E-state index contributed by atoms with van der Waals surface area (Å²) in [7, 11) is -1.58. The average Bonchev–Trinajstić information content (AvgIpc) is 2.46. The van der Waals surface area contributed by atoms with E-state index in [2.05, 4.69) is 10.3 Å². The number of amides is 1. The van der Waals surface area contributed by atoms with Crippen molar-refractivity contribution in [3.05, 3.63) is 59.9 Å². The average molecular weight is 256 g/mol. The van der Waals surface area contributed by atoms with E-state index in [4.69, 9.17) is 10.0 Å². The van der Waals surface area contributed by atoms with Crippen molar-refractivity contribution in [3.63, 3.8) is 0 Å². The Kier molecular flexibility index (Phi) is 4.28. The van der Waals surface area contributed by atoms with E-state index in [1.54, 1.807) is 30.5 Å². The molecule has 0 aliphatic heterocycles. The standard InChI is InChI=1S/C13H13BN2O3/c17-13(16-9-12-6-1-2-7-15-12)10-4-3-5-11(8-10)14(18)19/h1-8,18-19H,9H2,(H,16,17). The van der Waals surface area contributed by atoms with Gasteiger partial charge in [-0.25, -0.2) is 0 Å². The molecule has 0 aliphatic rings. The molecule has 5 nitrogen and oxygen atoms in total. The minimum absolute atomic E-state index is 0.283. The summed E-state index contributed by atoms with van der Waals surface area (Å²) >= 11 is 0. The lowest BCUT2D eigenvalue weighted by atomic mass is 9.79. The first kappa shape index (κ1) is 13.3. The summed E-state index contributed by atoms with van der Waals surface area (Å²) in [5.41, 5.74) is 1.42. The van der Waals surface area contributed by atoms with Gasteiger partial charge in [0, 0.05) is 11.8 Å². The first-order valence-electron chi connectivity index (χ1n) is 5.81. The Bertz CT molecular complexity index is 561. The van der Waals surface area contributed by atoms with Crippen LogP contribution in [0.1, 0.15) is 16.1 Å². The zero-order valence-corrected chi connectivity index (χ0v) is 10.2. The molecule has 1 amide bonds. The quantitative estimate of drug-likeness (QED) is 0.655. The maximum Gasteiger partial charge on any atom is 0.488 e. The van der Waals surface area contributed by atoms with Gasteiger partial charge in [-0.3, -0.25) is 9.78 Å². The van der Waals surface area contributed by atoms with Gasteiger partial charge in [0.15, 0.2) is 0 Å². The summed E-state index contributed by atoms with van der Waals surface area (Å²) in [5.74, 6) is -0.284. The summed E-state index contributed by atoms with van der Waals surface area (Å²) in [6.45, 7) is 0.325. The van der Waals surface area contributed by atoms with Crippen LogP contribution in [0.4, 0.5) is 0 Å². The topological polar surface area (TPSA) is 82.5 Å². The number of aromatic nitrogens is 1. The molecule has 0 saturated heterocycles. The molecule has 1 aromatic carbocycles. The van der Waals surface area contributed by atoms with Crippen molar-refractivity contribution in [2.75, 3.05) is 0 Å². The smallest absolute Gasteiger partial charge is 0.423 e. The van der Waals surface area contributed by atoms with Gasteiger partial charge in [0.25, 0.3) is 5.91 Å².